The molecule has 2 aromatic rings. The molecule has 1 aromatic carbocycles. The molecule has 0 radical (unpaired) electrons. The zero-order chi connectivity index (χ0) is 19.3. The van der Waals surface area contributed by atoms with Gasteiger partial charge < -0.3 is 14.7 Å². The second-order valence-corrected chi connectivity index (χ2v) is 6.68. The molecular weight excluding hydrogens is 359 g/mol. The van der Waals surface area contributed by atoms with Crippen molar-refractivity contribution in [3.05, 3.63) is 54.2 Å². The van der Waals surface area contributed by atoms with E-state index in [4.69, 9.17) is 4.74 Å². The maximum Gasteiger partial charge on any atom is 0.419 e. The van der Waals surface area contributed by atoms with E-state index in [1.807, 2.05) is 35.2 Å². The number of hydrogen-bond donors (Lipinski definition) is 2. The smallest absolute Gasteiger partial charge is 0.419 e. The summed E-state index contributed by atoms with van der Waals surface area (Å²) in [5.74, 6) is 1.41. The lowest BCUT2D eigenvalue weighted by molar-refractivity contribution is -0.903. The predicted molar refractivity (Wildman–Crippen MR) is 93.7 cm³/mol. The number of alkyl halides is 3. The van der Waals surface area contributed by atoms with Crippen LogP contribution in [0, 0.1) is 0 Å². The number of H-pyrrole nitrogens is 1. The van der Waals surface area contributed by atoms with E-state index in [0.29, 0.717) is 25.5 Å². The van der Waals surface area contributed by atoms with Gasteiger partial charge in [0.1, 0.15) is 57.4 Å². The zero-order valence-corrected chi connectivity index (χ0v) is 14.9. The number of aliphatic hydroxyl groups excluding tert-OH is 1. The number of para-hydroxylation sites is 1. The molecule has 1 saturated heterocycles. The Morgan fingerprint density at radius 2 is 1.81 bits per heavy atom. The lowest BCUT2D eigenvalue weighted by Gasteiger charge is -2.29. The van der Waals surface area contributed by atoms with Crippen LogP contribution >= 0.6 is 0 Å². The number of benzene rings is 1. The average Bonchev–Trinajstić information content (AvgIpc) is 2.67. The van der Waals surface area contributed by atoms with E-state index in [-0.39, 0.29) is 6.61 Å². The van der Waals surface area contributed by atoms with Gasteiger partial charge in [-0.3, -0.25) is 4.90 Å². The summed E-state index contributed by atoms with van der Waals surface area (Å²) in [6.07, 6.45) is -3.90. The number of aromatic nitrogens is 1. The van der Waals surface area contributed by atoms with Crippen LogP contribution in [0.25, 0.3) is 0 Å². The van der Waals surface area contributed by atoms with Crippen LogP contribution in [0.1, 0.15) is 5.56 Å². The van der Waals surface area contributed by atoms with Gasteiger partial charge in [0, 0.05) is 6.07 Å². The van der Waals surface area contributed by atoms with E-state index in [0.717, 1.165) is 31.1 Å². The van der Waals surface area contributed by atoms with E-state index in [2.05, 4.69) is 4.98 Å². The maximum absolute atomic E-state index is 12.6. The van der Waals surface area contributed by atoms with Crippen LogP contribution in [0.3, 0.4) is 0 Å². The Morgan fingerprint density at radius 3 is 2.41 bits per heavy atom. The Morgan fingerprint density at radius 1 is 1.11 bits per heavy atom. The molecule has 0 spiro atoms. The Balaban J connectivity index is 1.43. The monoisotopic (exact) mass is 383 g/mol. The van der Waals surface area contributed by atoms with Crippen molar-refractivity contribution >= 4 is 5.82 Å². The van der Waals surface area contributed by atoms with E-state index in [9.17, 15) is 18.3 Å². The van der Waals surface area contributed by atoms with Crippen LogP contribution in [0.15, 0.2) is 48.7 Å². The summed E-state index contributed by atoms with van der Waals surface area (Å²) in [5, 5.41) is 10.2. The number of hydrogen-bond acceptors (Lipinski definition) is 3. The number of anilines is 1. The van der Waals surface area contributed by atoms with Crippen molar-refractivity contribution < 1.29 is 32.9 Å². The minimum atomic E-state index is -4.34. The first kappa shape index (κ1) is 19.4. The zero-order valence-electron chi connectivity index (χ0n) is 14.9. The number of rotatable bonds is 6. The summed E-state index contributed by atoms with van der Waals surface area (Å²) in [6.45, 7) is 3.85. The third-order valence-electron chi connectivity index (χ3n) is 4.64. The highest BCUT2D eigenvalue weighted by Gasteiger charge is 2.33. The molecule has 3 N–H and O–H groups in total. The van der Waals surface area contributed by atoms with Gasteiger partial charge in [0.2, 0.25) is 0 Å². The van der Waals surface area contributed by atoms with Crippen molar-refractivity contribution in [2.45, 2.75) is 12.3 Å². The van der Waals surface area contributed by atoms with Gasteiger partial charge >= 0.3 is 6.18 Å². The molecule has 146 valence electrons. The fourth-order valence-corrected chi connectivity index (χ4v) is 3.16. The number of ether oxygens (including phenoxy) is 1. The fourth-order valence-electron chi connectivity index (χ4n) is 3.16. The van der Waals surface area contributed by atoms with Crippen LogP contribution in [-0.2, 0) is 6.18 Å². The fraction of sp³-hybridized carbons (Fsp3) is 0.421. The number of nitrogens with one attached hydrogen (secondary N) is 2. The molecule has 1 aliphatic rings. The van der Waals surface area contributed by atoms with Crippen molar-refractivity contribution in [1.82, 2.24) is 0 Å². The molecular formula is C19H24F3N3O2+2. The van der Waals surface area contributed by atoms with E-state index >= 15 is 0 Å². The second kappa shape index (κ2) is 8.58. The van der Waals surface area contributed by atoms with Gasteiger partial charge in [-0.15, -0.1) is 0 Å². The first-order chi connectivity index (χ1) is 12.9. The lowest BCUT2D eigenvalue weighted by atomic mass is 10.2. The molecule has 1 fully saturated rings. The van der Waals surface area contributed by atoms with Crippen molar-refractivity contribution in [2.75, 3.05) is 44.2 Å². The van der Waals surface area contributed by atoms with Crippen molar-refractivity contribution in [3.8, 4) is 5.75 Å². The van der Waals surface area contributed by atoms with Gasteiger partial charge in [-0.2, -0.15) is 13.2 Å². The van der Waals surface area contributed by atoms with Gasteiger partial charge in [0.25, 0.3) is 5.82 Å². The highest BCUT2D eigenvalue weighted by Crippen LogP contribution is 2.28. The van der Waals surface area contributed by atoms with Crippen LogP contribution in [0.5, 0.6) is 5.75 Å². The molecule has 5 nitrogen and oxygen atoms in total. The quantitative estimate of drug-likeness (QED) is 0.771. The van der Waals surface area contributed by atoms with E-state index < -0.39 is 17.8 Å². The Bertz CT molecular complexity index is 702. The molecule has 1 atom stereocenters. The standard InChI is InChI=1S/C19H22F3N3O2/c20-19(21,22)15-6-7-18(23-12-15)25-10-8-24(9-11-25)13-16(26)14-27-17-4-2-1-3-5-17/h1-7,12,16,26H,8-11,13-14H2/p+2/t16-/m1/s1. The Labute approximate surface area is 156 Å². The van der Waals surface area contributed by atoms with Gasteiger partial charge in [0.05, 0.1) is 5.56 Å². The van der Waals surface area contributed by atoms with E-state index in [1.54, 1.807) is 0 Å². The Kier molecular flexibility index (Phi) is 6.18. The highest BCUT2D eigenvalue weighted by atomic mass is 19.4. The summed E-state index contributed by atoms with van der Waals surface area (Å²) in [7, 11) is 0. The molecule has 2 heterocycles. The number of halogens is 3. The van der Waals surface area contributed by atoms with Crippen LogP contribution in [0.2, 0.25) is 0 Å². The van der Waals surface area contributed by atoms with Gasteiger partial charge in [-0.25, -0.2) is 4.98 Å². The minimum Gasteiger partial charge on any atom is -0.491 e. The van der Waals surface area contributed by atoms with Crippen LogP contribution < -0.4 is 19.5 Å². The average molecular weight is 383 g/mol. The number of piperazine rings is 1. The van der Waals surface area contributed by atoms with Gasteiger partial charge in [-0.1, -0.05) is 18.2 Å². The predicted octanol–water partition coefficient (Wildman–Crippen LogP) is 0.664. The second-order valence-electron chi connectivity index (χ2n) is 6.68. The molecule has 3 rings (SSSR count). The highest BCUT2D eigenvalue weighted by molar-refractivity contribution is 5.34. The van der Waals surface area contributed by atoms with Crippen LogP contribution in [0.4, 0.5) is 19.0 Å². The number of aromatic amines is 1. The maximum atomic E-state index is 12.6. The lowest BCUT2D eigenvalue weighted by Crippen LogP contribution is -3.16. The van der Waals surface area contributed by atoms with Crippen molar-refractivity contribution in [1.29, 1.82) is 0 Å². The topological polar surface area (TPSA) is 51.3 Å². The molecule has 0 unspecified atom stereocenters. The first-order valence-electron chi connectivity index (χ1n) is 8.95. The van der Waals surface area contributed by atoms with Crippen molar-refractivity contribution in [2.24, 2.45) is 0 Å². The number of aliphatic hydroxyl groups is 1. The molecule has 1 aliphatic heterocycles. The molecule has 8 heteroatoms. The largest absolute Gasteiger partial charge is 0.491 e. The Hall–Kier alpha value is -2.32. The summed E-state index contributed by atoms with van der Waals surface area (Å²) < 4.78 is 43.5. The molecule has 0 bridgehead atoms. The number of pyridine rings is 1. The molecule has 1 aromatic heterocycles. The third-order valence-corrected chi connectivity index (χ3v) is 4.64. The summed E-state index contributed by atoms with van der Waals surface area (Å²) in [5.41, 5.74) is -0.683. The van der Waals surface area contributed by atoms with Gasteiger partial charge in [0.15, 0.2) is 0 Å². The number of quaternary nitrogens is 1. The summed E-state index contributed by atoms with van der Waals surface area (Å²) >= 11 is 0. The van der Waals surface area contributed by atoms with Crippen LogP contribution in [-0.4, -0.2) is 50.5 Å². The number of nitrogens with zero attached hydrogens (tertiary/aromatic N) is 1. The summed E-state index contributed by atoms with van der Waals surface area (Å²) in [6, 6.07) is 11.9. The molecule has 0 saturated carbocycles. The van der Waals surface area contributed by atoms with Gasteiger partial charge in [-0.05, 0) is 18.2 Å². The van der Waals surface area contributed by atoms with E-state index in [1.165, 1.54) is 11.0 Å². The van der Waals surface area contributed by atoms with Crippen molar-refractivity contribution in [3.63, 3.8) is 0 Å². The molecule has 0 aliphatic carbocycles. The SMILES string of the molecule is O[C@@H](COc1ccccc1)C[NH+]1CCN(c2ccc(C(F)(F)F)c[nH+]2)CC1. The summed E-state index contributed by atoms with van der Waals surface area (Å²) in [4.78, 5) is 6.01. The normalized spacial score (nSPS) is 17.0. The molecule has 0 amide bonds. The molecule has 27 heavy (non-hydrogen) atoms. The minimum absolute atomic E-state index is 0.240. The third kappa shape index (κ3) is 5.58. The first-order valence-corrected chi connectivity index (χ1v) is 8.95.